The predicted molar refractivity (Wildman–Crippen MR) is 75.7 cm³/mol. The molecular weight excluding hydrogens is 296 g/mol. The Morgan fingerprint density at radius 1 is 1.38 bits per heavy atom. The van der Waals surface area contributed by atoms with Crippen molar-refractivity contribution in [1.29, 1.82) is 0 Å². The Bertz CT molecular complexity index is 816. The molecule has 1 N–H and O–H groups in total. The van der Waals surface area contributed by atoms with Crippen LogP contribution in [0.5, 0.6) is 0 Å². The van der Waals surface area contributed by atoms with Crippen LogP contribution in [0.15, 0.2) is 18.2 Å². The summed E-state index contributed by atoms with van der Waals surface area (Å²) < 4.78 is 4.92. The summed E-state index contributed by atoms with van der Waals surface area (Å²) in [6.45, 7) is 1.94. The van der Waals surface area contributed by atoms with Crippen LogP contribution in [0.4, 0.5) is 5.69 Å². The largest absolute Gasteiger partial charge is 0.462 e. The maximum Gasteiger partial charge on any atom is 0.338 e. The lowest BCUT2D eigenvalue weighted by atomic mass is 10.0. The molecule has 1 aromatic carbocycles. The van der Waals surface area contributed by atoms with Gasteiger partial charge in [0.1, 0.15) is 0 Å². The molecule has 0 atom stereocenters. The topological polar surface area (TPSA) is 85.4 Å². The normalized spacial score (nSPS) is 13.2. The van der Waals surface area contributed by atoms with Crippen molar-refractivity contribution < 1.29 is 19.1 Å². The Morgan fingerprint density at radius 3 is 2.86 bits per heavy atom. The van der Waals surface area contributed by atoms with Crippen molar-refractivity contribution in [3.63, 3.8) is 0 Å². The number of esters is 1. The number of pyridine rings is 1. The maximum atomic E-state index is 12.0. The molecule has 0 fully saturated rings. The summed E-state index contributed by atoms with van der Waals surface area (Å²) in [6.07, 6.45) is 0. The zero-order valence-corrected chi connectivity index (χ0v) is 11.7. The third kappa shape index (κ3) is 2.04. The van der Waals surface area contributed by atoms with E-state index in [1.165, 1.54) is 12.1 Å². The minimum Gasteiger partial charge on any atom is -0.462 e. The summed E-state index contributed by atoms with van der Waals surface area (Å²) in [7, 11) is 0. The molecular formula is C14H9ClN2O4. The van der Waals surface area contributed by atoms with Gasteiger partial charge in [-0.2, -0.15) is 0 Å². The second-order valence-electron chi connectivity index (χ2n) is 4.39. The van der Waals surface area contributed by atoms with E-state index in [-0.39, 0.29) is 28.6 Å². The van der Waals surface area contributed by atoms with E-state index in [0.717, 1.165) is 0 Å². The Balaban J connectivity index is 2.26. The van der Waals surface area contributed by atoms with Gasteiger partial charge in [-0.3, -0.25) is 9.59 Å². The molecule has 0 unspecified atom stereocenters. The van der Waals surface area contributed by atoms with Crippen LogP contribution < -0.4 is 5.32 Å². The highest BCUT2D eigenvalue weighted by Gasteiger charge is 2.33. The van der Waals surface area contributed by atoms with Crippen LogP contribution in [-0.4, -0.2) is 29.3 Å². The molecule has 106 valence electrons. The second kappa shape index (κ2) is 4.82. The van der Waals surface area contributed by atoms with E-state index in [1.54, 1.807) is 13.0 Å². The number of hydrogen-bond acceptors (Lipinski definition) is 5. The lowest BCUT2D eigenvalue weighted by Gasteiger charge is -2.07. The van der Waals surface area contributed by atoms with Gasteiger partial charge in [0.25, 0.3) is 11.7 Å². The Hall–Kier alpha value is -2.47. The molecule has 0 bridgehead atoms. The number of Topliss-reactive ketones (excluding diaryl/α,β-unsaturated/α-hetero) is 1. The zero-order chi connectivity index (χ0) is 15.1. The number of nitrogens with one attached hydrogen (secondary N) is 1. The first-order chi connectivity index (χ1) is 10.0. The number of hydrogen-bond donors (Lipinski definition) is 1. The molecule has 0 radical (unpaired) electrons. The van der Waals surface area contributed by atoms with E-state index in [2.05, 4.69) is 10.3 Å². The number of carbonyl (C=O) groups is 3. The number of fused-ring (bicyclic) bond motifs is 3. The molecule has 1 amide bonds. The lowest BCUT2D eigenvalue weighted by Crippen LogP contribution is -2.12. The highest BCUT2D eigenvalue weighted by Crippen LogP contribution is 2.35. The van der Waals surface area contributed by atoms with Gasteiger partial charge in [0.15, 0.2) is 5.15 Å². The first-order valence-electron chi connectivity index (χ1n) is 6.19. The number of halogens is 1. The number of carbonyl (C=O) groups excluding carboxylic acids is 3. The van der Waals surface area contributed by atoms with Crippen molar-refractivity contribution in [1.82, 2.24) is 4.98 Å². The van der Waals surface area contributed by atoms with Gasteiger partial charge in [-0.1, -0.05) is 11.6 Å². The number of ether oxygens (including phenoxy) is 1. The molecule has 0 aliphatic carbocycles. The van der Waals surface area contributed by atoms with Gasteiger partial charge in [-0.05, 0) is 25.1 Å². The number of nitrogens with zero attached hydrogens (tertiary/aromatic N) is 1. The smallest absolute Gasteiger partial charge is 0.338 e. The molecule has 6 nitrogen and oxygen atoms in total. The third-order valence-corrected chi connectivity index (χ3v) is 3.40. The quantitative estimate of drug-likeness (QED) is 0.522. The molecule has 3 rings (SSSR count). The Kier molecular flexibility index (Phi) is 3.10. The van der Waals surface area contributed by atoms with Crippen LogP contribution in [-0.2, 0) is 9.53 Å². The Labute approximate surface area is 124 Å². The van der Waals surface area contributed by atoms with Crippen LogP contribution in [0, 0.1) is 0 Å². The first kappa shape index (κ1) is 13.5. The maximum absolute atomic E-state index is 12.0. The van der Waals surface area contributed by atoms with Crippen LogP contribution in [0.25, 0.3) is 10.9 Å². The van der Waals surface area contributed by atoms with E-state index in [1.807, 2.05) is 0 Å². The lowest BCUT2D eigenvalue weighted by molar-refractivity contribution is -0.112. The predicted octanol–water partition coefficient (Wildman–Crippen LogP) is 2.20. The minimum absolute atomic E-state index is 0.0422. The van der Waals surface area contributed by atoms with Crippen molar-refractivity contribution in [3.05, 3.63) is 34.5 Å². The van der Waals surface area contributed by atoms with E-state index in [4.69, 9.17) is 16.3 Å². The van der Waals surface area contributed by atoms with E-state index < -0.39 is 17.7 Å². The summed E-state index contributed by atoms with van der Waals surface area (Å²) in [4.78, 5) is 39.3. The molecule has 1 aromatic heterocycles. The van der Waals surface area contributed by atoms with Crippen molar-refractivity contribution in [3.8, 4) is 0 Å². The molecule has 1 aliphatic heterocycles. The van der Waals surface area contributed by atoms with Crippen molar-refractivity contribution in [2.24, 2.45) is 0 Å². The standard InChI is InChI=1S/C14H9ClN2O4/c1-2-21-14(20)6-3-4-8-7(5-6)9-10(12(15)16-8)17-13(19)11(9)18/h3-5H,2H2,1H3,(H,17,18,19). The van der Waals surface area contributed by atoms with Crippen LogP contribution >= 0.6 is 11.6 Å². The fourth-order valence-electron chi connectivity index (χ4n) is 2.21. The fraction of sp³-hybridized carbons (Fsp3) is 0.143. The molecule has 2 heterocycles. The van der Waals surface area contributed by atoms with Crippen LogP contribution in [0.3, 0.4) is 0 Å². The SMILES string of the molecule is CCOC(=O)c1ccc2nc(Cl)c3c(c2c1)C(=O)C(=O)N3. The molecule has 7 heteroatoms. The van der Waals surface area contributed by atoms with Gasteiger partial charge in [0.05, 0.1) is 28.9 Å². The second-order valence-corrected chi connectivity index (χ2v) is 4.75. The monoisotopic (exact) mass is 304 g/mol. The van der Waals surface area contributed by atoms with Gasteiger partial charge < -0.3 is 10.1 Å². The van der Waals surface area contributed by atoms with Gasteiger partial charge >= 0.3 is 5.97 Å². The number of rotatable bonds is 2. The van der Waals surface area contributed by atoms with Crippen molar-refractivity contribution in [2.45, 2.75) is 6.92 Å². The van der Waals surface area contributed by atoms with E-state index in [0.29, 0.717) is 10.9 Å². The van der Waals surface area contributed by atoms with Gasteiger partial charge in [-0.25, -0.2) is 9.78 Å². The number of benzene rings is 1. The molecule has 1 aliphatic rings. The summed E-state index contributed by atoms with van der Waals surface area (Å²) in [6, 6.07) is 4.57. The van der Waals surface area contributed by atoms with Gasteiger partial charge in [0, 0.05) is 5.39 Å². The van der Waals surface area contributed by atoms with Crippen molar-refractivity contribution >= 4 is 45.9 Å². The average molecular weight is 305 g/mol. The molecule has 0 saturated heterocycles. The number of ketones is 1. The van der Waals surface area contributed by atoms with E-state index in [9.17, 15) is 14.4 Å². The fourth-order valence-corrected chi connectivity index (χ4v) is 2.44. The van der Waals surface area contributed by atoms with Crippen molar-refractivity contribution in [2.75, 3.05) is 11.9 Å². The highest BCUT2D eigenvalue weighted by atomic mass is 35.5. The number of amides is 1. The number of aromatic nitrogens is 1. The highest BCUT2D eigenvalue weighted by molar-refractivity contribution is 6.55. The third-order valence-electron chi connectivity index (χ3n) is 3.12. The summed E-state index contributed by atoms with van der Waals surface area (Å²) in [5.41, 5.74) is 1.03. The van der Waals surface area contributed by atoms with Crippen LogP contribution in [0.2, 0.25) is 5.15 Å². The zero-order valence-electron chi connectivity index (χ0n) is 10.9. The average Bonchev–Trinajstić information content (AvgIpc) is 2.76. The minimum atomic E-state index is -0.761. The molecule has 2 aromatic rings. The van der Waals surface area contributed by atoms with Gasteiger partial charge in [-0.15, -0.1) is 0 Å². The number of anilines is 1. The first-order valence-corrected chi connectivity index (χ1v) is 6.56. The van der Waals surface area contributed by atoms with E-state index >= 15 is 0 Å². The summed E-state index contributed by atoms with van der Waals surface area (Å²) in [5.74, 6) is -1.96. The van der Waals surface area contributed by atoms with Crippen LogP contribution in [0.1, 0.15) is 27.6 Å². The molecule has 0 saturated carbocycles. The molecule has 21 heavy (non-hydrogen) atoms. The Morgan fingerprint density at radius 2 is 2.14 bits per heavy atom. The summed E-state index contributed by atoms with van der Waals surface area (Å²) >= 11 is 5.96. The summed E-state index contributed by atoms with van der Waals surface area (Å²) in [5, 5.41) is 2.82. The van der Waals surface area contributed by atoms with Gasteiger partial charge in [0.2, 0.25) is 0 Å². The molecule has 0 spiro atoms.